The maximum atomic E-state index is 13.2. The number of nitrogens with zero attached hydrogens (tertiary/aromatic N) is 1. The van der Waals surface area contributed by atoms with E-state index < -0.39 is 17.6 Å². The second kappa shape index (κ2) is 11.5. The highest BCUT2D eigenvalue weighted by molar-refractivity contribution is 6.40. The third-order valence-electron chi connectivity index (χ3n) is 4.69. The summed E-state index contributed by atoms with van der Waals surface area (Å²) in [5.74, 6) is -1.43. The number of carbonyl (C=O) groups excluding carboxylic acids is 2. The Balaban J connectivity index is 1.59. The highest BCUT2D eigenvalue weighted by Gasteiger charge is 2.15. The zero-order chi connectivity index (χ0) is 24.7. The van der Waals surface area contributed by atoms with E-state index in [4.69, 9.17) is 32.7 Å². The lowest BCUT2D eigenvalue weighted by atomic mass is 10.2. The minimum Gasteiger partial charge on any atom is -0.493 e. The lowest BCUT2D eigenvalue weighted by molar-refractivity contribution is -0.136. The van der Waals surface area contributed by atoms with E-state index in [9.17, 15) is 14.0 Å². The Labute approximate surface area is 205 Å². The van der Waals surface area contributed by atoms with Crippen molar-refractivity contribution >= 4 is 46.9 Å². The van der Waals surface area contributed by atoms with Gasteiger partial charge < -0.3 is 14.8 Å². The van der Waals surface area contributed by atoms with Crippen molar-refractivity contribution in [1.29, 1.82) is 0 Å². The van der Waals surface area contributed by atoms with Crippen molar-refractivity contribution in [1.82, 2.24) is 5.43 Å². The first-order chi connectivity index (χ1) is 16.3. The minimum absolute atomic E-state index is 0.111. The number of anilines is 1. The molecule has 0 spiro atoms. The van der Waals surface area contributed by atoms with Crippen molar-refractivity contribution < 1.29 is 23.5 Å². The number of ether oxygens (including phenoxy) is 2. The lowest BCUT2D eigenvalue weighted by Crippen LogP contribution is -2.32. The second-order valence-corrected chi connectivity index (χ2v) is 7.81. The number of rotatable bonds is 7. The van der Waals surface area contributed by atoms with Gasteiger partial charge in [-0.2, -0.15) is 5.10 Å². The van der Waals surface area contributed by atoms with Crippen LogP contribution in [-0.2, 0) is 16.2 Å². The Morgan fingerprint density at radius 3 is 2.56 bits per heavy atom. The van der Waals surface area contributed by atoms with E-state index in [-0.39, 0.29) is 11.6 Å². The first kappa shape index (κ1) is 25.0. The molecule has 0 aliphatic rings. The Hall–Kier alpha value is -3.62. The van der Waals surface area contributed by atoms with Crippen LogP contribution in [0.5, 0.6) is 11.5 Å². The Morgan fingerprint density at radius 1 is 1.03 bits per heavy atom. The van der Waals surface area contributed by atoms with Crippen molar-refractivity contribution in [3.8, 4) is 11.5 Å². The van der Waals surface area contributed by atoms with Gasteiger partial charge in [-0.25, -0.2) is 9.82 Å². The summed E-state index contributed by atoms with van der Waals surface area (Å²) in [5.41, 5.74) is 4.43. The predicted molar refractivity (Wildman–Crippen MR) is 129 cm³/mol. The molecule has 3 rings (SSSR count). The lowest BCUT2D eigenvalue weighted by Gasteiger charge is -2.12. The van der Waals surface area contributed by atoms with Crippen molar-refractivity contribution in [3.63, 3.8) is 0 Å². The molecule has 0 saturated carbocycles. The molecule has 0 atom stereocenters. The molecule has 0 bridgehead atoms. The molecule has 7 nitrogen and oxygen atoms in total. The van der Waals surface area contributed by atoms with E-state index in [1.54, 1.807) is 43.3 Å². The highest BCUT2D eigenvalue weighted by Crippen LogP contribution is 2.29. The molecule has 0 radical (unpaired) electrons. The van der Waals surface area contributed by atoms with Crippen LogP contribution in [0.3, 0.4) is 0 Å². The maximum absolute atomic E-state index is 13.2. The van der Waals surface area contributed by atoms with Crippen LogP contribution >= 0.6 is 23.2 Å². The van der Waals surface area contributed by atoms with Crippen LogP contribution in [0.2, 0.25) is 10.0 Å². The smallest absolute Gasteiger partial charge is 0.329 e. The summed E-state index contributed by atoms with van der Waals surface area (Å²) in [4.78, 5) is 24.1. The molecule has 2 amide bonds. The average Bonchev–Trinajstić information content (AvgIpc) is 2.81. The summed E-state index contributed by atoms with van der Waals surface area (Å²) in [5, 5.41) is 7.01. The molecule has 34 heavy (non-hydrogen) atoms. The molecule has 3 aromatic rings. The Kier molecular flexibility index (Phi) is 8.45. The highest BCUT2D eigenvalue weighted by atomic mass is 35.5. The van der Waals surface area contributed by atoms with Crippen molar-refractivity contribution in [2.24, 2.45) is 5.10 Å². The Bertz CT molecular complexity index is 1250. The average molecular weight is 504 g/mol. The van der Waals surface area contributed by atoms with Crippen LogP contribution in [0.1, 0.15) is 16.7 Å². The molecule has 0 saturated heterocycles. The molecule has 176 valence electrons. The van der Waals surface area contributed by atoms with E-state index in [2.05, 4.69) is 15.8 Å². The predicted octanol–water partition coefficient (Wildman–Crippen LogP) is 5.12. The monoisotopic (exact) mass is 503 g/mol. The number of amides is 2. The zero-order valence-corrected chi connectivity index (χ0v) is 19.7. The number of hydrogen-bond acceptors (Lipinski definition) is 5. The van der Waals surface area contributed by atoms with E-state index in [0.29, 0.717) is 38.9 Å². The number of benzene rings is 3. The molecule has 0 heterocycles. The van der Waals surface area contributed by atoms with Crippen LogP contribution in [0.25, 0.3) is 0 Å². The van der Waals surface area contributed by atoms with Gasteiger partial charge in [0.1, 0.15) is 12.4 Å². The third kappa shape index (κ3) is 6.46. The molecule has 0 aliphatic carbocycles. The molecule has 0 fully saturated rings. The molecule has 10 heteroatoms. The van der Waals surface area contributed by atoms with Crippen molar-refractivity contribution in [3.05, 3.63) is 87.2 Å². The molecular formula is C24H20Cl2FN3O4. The van der Waals surface area contributed by atoms with Gasteiger partial charge in [-0.1, -0.05) is 35.3 Å². The van der Waals surface area contributed by atoms with Crippen LogP contribution in [0.4, 0.5) is 10.1 Å². The van der Waals surface area contributed by atoms with Gasteiger partial charge in [-0.3, -0.25) is 9.59 Å². The second-order valence-electron chi connectivity index (χ2n) is 7.00. The van der Waals surface area contributed by atoms with Gasteiger partial charge in [0.25, 0.3) is 0 Å². The number of halogens is 3. The van der Waals surface area contributed by atoms with E-state index in [1.165, 1.54) is 31.5 Å². The molecular weight excluding hydrogens is 484 g/mol. The standard InChI is InChI=1S/C24H20Cl2FN3O4/c1-14-18(25)4-3-5-20(14)29-23(31)24(32)30-28-12-15-6-9-21(22(10-15)33-2)34-13-16-7-8-17(27)11-19(16)26/h3-12H,13H2,1-2H3,(H,29,31)(H,30,32)/b28-12+. The van der Waals surface area contributed by atoms with E-state index >= 15 is 0 Å². The number of hydrogen-bond donors (Lipinski definition) is 2. The summed E-state index contributed by atoms with van der Waals surface area (Å²) in [7, 11) is 1.47. The van der Waals surface area contributed by atoms with E-state index in [1.807, 2.05) is 0 Å². The zero-order valence-electron chi connectivity index (χ0n) is 18.2. The normalized spacial score (nSPS) is 10.7. The van der Waals surface area contributed by atoms with Gasteiger partial charge in [0, 0.05) is 16.3 Å². The van der Waals surface area contributed by atoms with Crippen LogP contribution in [0.15, 0.2) is 59.7 Å². The molecule has 2 N–H and O–H groups in total. The molecule has 0 aliphatic heterocycles. The topological polar surface area (TPSA) is 89.0 Å². The van der Waals surface area contributed by atoms with Gasteiger partial charge in [-0.05, 0) is 60.5 Å². The summed E-state index contributed by atoms with van der Waals surface area (Å²) in [6, 6.07) is 14.0. The molecule has 3 aromatic carbocycles. The number of carbonyl (C=O) groups is 2. The molecule has 0 unspecified atom stereocenters. The first-order valence-electron chi connectivity index (χ1n) is 9.92. The fourth-order valence-corrected chi connectivity index (χ4v) is 3.21. The fraction of sp³-hybridized carbons (Fsp3) is 0.125. The quantitative estimate of drug-likeness (QED) is 0.266. The summed E-state index contributed by atoms with van der Waals surface area (Å²) < 4.78 is 24.3. The molecule has 0 aromatic heterocycles. The summed E-state index contributed by atoms with van der Waals surface area (Å²) in [6.07, 6.45) is 1.35. The number of nitrogens with one attached hydrogen (secondary N) is 2. The van der Waals surface area contributed by atoms with Crippen LogP contribution < -0.4 is 20.2 Å². The van der Waals surface area contributed by atoms with Gasteiger partial charge in [-0.15, -0.1) is 0 Å². The van der Waals surface area contributed by atoms with Crippen molar-refractivity contribution in [2.75, 3.05) is 12.4 Å². The number of methoxy groups -OCH3 is 1. The fourth-order valence-electron chi connectivity index (χ4n) is 2.82. The van der Waals surface area contributed by atoms with Gasteiger partial charge in [0.05, 0.1) is 18.3 Å². The summed E-state index contributed by atoms with van der Waals surface area (Å²) >= 11 is 12.0. The first-order valence-corrected chi connectivity index (χ1v) is 10.7. The maximum Gasteiger partial charge on any atom is 0.329 e. The SMILES string of the molecule is COc1cc(/C=N/NC(=O)C(=O)Nc2cccc(Cl)c2C)ccc1OCc1ccc(F)cc1Cl. The van der Waals surface area contributed by atoms with Crippen LogP contribution in [-0.4, -0.2) is 25.1 Å². The van der Waals surface area contributed by atoms with Gasteiger partial charge >= 0.3 is 11.8 Å². The van der Waals surface area contributed by atoms with Crippen molar-refractivity contribution in [2.45, 2.75) is 13.5 Å². The third-order valence-corrected chi connectivity index (χ3v) is 5.45. The largest absolute Gasteiger partial charge is 0.493 e. The number of hydrazone groups is 1. The van der Waals surface area contributed by atoms with Crippen LogP contribution in [0, 0.1) is 12.7 Å². The van der Waals surface area contributed by atoms with Gasteiger partial charge in [0.15, 0.2) is 11.5 Å². The van der Waals surface area contributed by atoms with E-state index in [0.717, 1.165) is 0 Å². The Morgan fingerprint density at radius 2 is 1.82 bits per heavy atom. The minimum atomic E-state index is -0.946. The summed E-state index contributed by atoms with van der Waals surface area (Å²) in [6.45, 7) is 1.84. The van der Waals surface area contributed by atoms with Gasteiger partial charge in [0.2, 0.25) is 0 Å².